The Balaban J connectivity index is 2.28. The number of rotatable bonds is 2. The number of nitrogens with two attached hydrogens (primary N) is 1. The first-order chi connectivity index (χ1) is 9.63. The van der Waals surface area contributed by atoms with Gasteiger partial charge in [-0.25, -0.2) is 4.39 Å². The number of halogens is 1. The maximum absolute atomic E-state index is 13.3. The van der Waals surface area contributed by atoms with Gasteiger partial charge in [-0.05, 0) is 30.4 Å². The number of hydrogen-bond donors (Lipinski definition) is 1. The molecule has 1 heterocycles. The molecule has 0 radical (unpaired) electrons. The molecule has 1 fully saturated rings. The van der Waals surface area contributed by atoms with Crippen molar-refractivity contribution in [1.82, 2.24) is 4.90 Å². The first-order valence-corrected chi connectivity index (χ1v) is 7.62. The van der Waals surface area contributed by atoms with Gasteiger partial charge in [0.05, 0.1) is 12.1 Å². The molecule has 1 saturated heterocycles. The second-order valence-corrected chi connectivity index (χ2v) is 5.78. The van der Waals surface area contributed by atoms with Crippen molar-refractivity contribution in [2.45, 2.75) is 12.5 Å². The molecule has 20 heavy (non-hydrogen) atoms. The average Bonchev–Trinajstić information content (AvgIpc) is 2.97. The van der Waals surface area contributed by atoms with Gasteiger partial charge in [0.15, 0.2) is 0 Å². The fourth-order valence-electron chi connectivity index (χ4n) is 2.14. The molecule has 1 aliphatic heterocycles. The number of amides is 1. The highest BCUT2D eigenvalue weighted by Gasteiger charge is 2.25. The molecule has 1 aromatic carbocycles. The van der Waals surface area contributed by atoms with E-state index in [0.29, 0.717) is 11.1 Å². The molecule has 0 spiro atoms. The van der Waals surface area contributed by atoms with Crippen molar-refractivity contribution in [2.75, 3.05) is 25.1 Å². The Labute approximate surface area is 122 Å². The van der Waals surface area contributed by atoms with Gasteiger partial charge in [0.25, 0.3) is 5.91 Å². The van der Waals surface area contributed by atoms with Gasteiger partial charge in [-0.3, -0.25) is 4.79 Å². The Morgan fingerprint density at radius 2 is 2.40 bits per heavy atom. The fourth-order valence-corrected chi connectivity index (χ4v) is 3.40. The van der Waals surface area contributed by atoms with Crippen LogP contribution in [0.25, 0.3) is 0 Å². The minimum atomic E-state index is -0.401. The maximum atomic E-state index is 13.3. The Bertz CT molecular complexity index is 559. The molecule has 0 bridgehead atoms. The lowest BCUT2D eigenvalue weighted by atomic mass is 10.1. The number of hydrogen-bond acceptors (Lipinski definition) is 3. The third kappa shape index (κ3) is 3.33. The molecule has 0 aliphatic carbocycles. The Morgan fingerprint density at radius 3 is 3.05 bits per heavy atom. The van der Waals surface area contributed by atoms with E-state index in [0.717, 1.165) is 17.9 Å². The molecule has 2 rings (SSSR count). The van der Waals surface area contributed by atoms with Crippen molar-refractivity contribution in [3.63, 3.8) is 0 Å². The molecule has 0 aromatic heterocycles. The van der Waals surface area contributed by atoms with E-state index in [4.69, 9.17) is 5.73 Å². The zero-order valence-corrected chi connectivity index (χ0v) is 12.2. The molecule has 3 nitrogen and oxygen atoms in total. The van der Waals surface area contributed by atoms with E-state index in [1.807, 2.05) is 11.8 Å². The minimum Gasteiger partial charge on any atom is -0.338 e. The zero-order chi connectivity index (χ0) is 14.5. The summed E-state index contributed by atoms with van der Waals surface area (Å²) in [5, 5.41) is 0. The third-order valence-electron chi connectivity index (χ3n) is 3.31. The summed E-state index contributed by atoms with van der Waals surface area (Å²) in [6.45, 7) is 0.180. The molecular weight excluding hydrogens is 275 g/mol. The minimum absolute atomic E-state index is 0.112. The van der Waals surface area contributed by atoms with Gasteiger partial charge in [0.1, 0.15) is 5.82 Å². The van der Waals surface area contributed by atoms with Gasteiger partial charge in [0, 0.05) is 24.4 Å². The molecule has 1 unspecified atom stereocenters. The van der Waals surface area contributed by atoms with E-state index in [-0.39, 0.29) is 18.5 Å². The van der Waals surface area contributed by atoms with Gasteiger partial charge in [-0.15, -0.1) is 0 Å². The van der Waals surface area contributed by atoms with Crippen molar-refractivity contribution in [1.29, 1.82) is 0 Å². The van der Waals surface area contributed by atoms with Crippen LogP contribution >= 0.6 is 11.8 Å². The van der Waals surface area contributed by atoms with E-state index < -0.39 is 5.82 Å². The Hall–Kier alpha value is -1.51. The van der Waals surface area contributed by atoms with Crippen LogP contribution in [0.2, 0.25) is 0 Å². The SMILES string of the molecule is CN(C(=O)c1ccc(F)cc1C#CCN)C1CCSC1. The Morgan fingerprint density at radius 1 is 1.60 bits per heavy atom. The molecule has 0 saturated carbocycles. The zero-order valence-electron chi connectivity index (χ0n) is 11.4. The van der Waals surface area contributed by atoms with E-state index in [1.165, 1.54) is 18.2 Å². The normalized spacial score (nSPS) is 17.4. The van der Waals surface area contributed by atoms with Crippen molar-refractivity contribution < 1.29 is 9.18 Å². The van der Waals surface area contributed by atoms with Crippen LogP contribution < -0.4 is 5.73 Å². The summed E-state index contributed by atoms with van der Waals surface area (Å²) >= 11 is 1.85. The average molecular weight is 292 g/mol. The van der Waals surface area contributed by atoms with Gasteiger partial charge in [-0.2, -0.15) is 11.8 Å². The summed E-state index contributed by atoms with van der Waals surface area (Å²) < 4.78 is 13.3. The molecule has 106 valence electrons. The lowest BCUT2D eigenvalue weighted by Gasteiger charge is -2.24. The largest absolute Gasteiger partial charge is 0.338 e. The molecule has 1 atom stereocenters. The second-order valence-electron chi connectivity index (χ2n) is 4.63. The fraction of sp³-hybridized carbons (Fsp3) is 0.400. The summed E-state index contributed by atoms with van der Waals surface area (Å²) in [4.78, 5) is 14.3. The number of nitrogens with zero attached hydrogens (tertiary/aromatic N) is 1. The molecule has 1 aromatic rings. The summed E-state index contributed by atoms with van der Waals surface area (Å²) in [7, 11) is 1.79. The maximum Gasteiger partial charge on any atom is 0.255 e. The van der Waals surface area contributed by atoms with Crippen LogP contribution in [0.15, 0.2) is 18.2 Å². The van der Waals surface area contributed by atoms with Crippen LogP contribution in [0, 0.1) is 17.7 Å². The smallest absolute Gasteiger partial charge is 0.255 e. The van der Waals surface area contributed by atoms with Crippen LogP contribution in [0.3, 0.4) is 0 Å². The topological polar surface area (TPSA) is 46.3 Å². The first kappa shape index (κ1) is 14.9. The summed E-state index contributed by atoms with van der Waals surface area (Å²) in [6, 6.07) is 4.31. The first-order valence-electron chi connectivity index (χ1n) is 6.47. The molecule has 5 heteroatoms. The molecular formula is C15H17FN2OS. The number of benzene rings is 1. The van der Waals surface area contributed by atoms with E-state index in [1.54, 1.807) is 11.9 Å². The highest BCUT2D eigenvalue weighted by molar-refractivity contribution is 7.99. The monoisotopic (exact) mass is 292 g/mol. The highest BCUT2D eigenvalue weighted by atomic mass is 32.2. The van der Waals surface area contributed by atoms with Crippen molar-refractivity contribution in [2.24, 2.45) is 5.73 Å². The summed E-state index contributed by atoms with van der Waals surface area (Å²) in [5.74, 6) is 6.96. The van der Waals surface area contributed by atoms with E-state index in [9.17, 15) is 9.18 Å². The predicted molar refractivity (Wildman–Crippen MR) is 80.2 cm³/mol. The Kier molecular flexibility index (Phi) is 5.05. The lowest BCUT2D eigenvalue weighted by molar-refractivity contribution is 0.0747. The quantitative estimate of drug-likeness (QED) is 0.844. The molecule has 1 aliphatic rings. The number of thioether (sulfide) groups is 1. The van der Waals surface area contributed by atoms with Crippen molar-refractivity contribution in [3.8, 4) is 11.8 Å². The van der Waals surface area contributed by atoms with Crippen LogP contribution in [0.4, 0.5) is 4.39 Å². The van der Waals surface area contributed by atoms with Crippen LogP contribution in [0.1, 0.15) is 22.3 Å². The van der Waals surface area contributed by atoms with Gasteiger partial charge >= 0.3 is 0 Å². The van der Waals surface area contributed by atoms with Gasteiger partial charge in [-0.1, -0.05) is 11.8 Å². The van der Waals surface area contributed by atoms with Crippen LogP contribution in [0.5, 0.6) is 0 Å². The van der Waals surface area contributed by atoms with E-state index >= 15 is 0 Å². The highest BCUT2D eigenvalue weighted by Crippen LogP contribution is 2.23. The third-order valence-corrected chi connectivity index (χ3v) is 4.46. The standard InChI is InChI=1S/C15H17FN2OS/c1-18(13-6-8-20-10-13)15(19)14-5-4-12(16)9-11(14)3-2-7-17/h4-5,9,13H,6-8,10,17H2,1H3. The number of carbonyl (C=O) groups is 1. The number of carbonyl (C=O) groups excluding carboxylic acids is 1. The second kappa shape index (κ2) is 6.78. The lowest BCUT2D eigenvalue weighted by Crippen LogP contribution is -2.37. The van der Waals surface area contributed by atoms with Gasteiger partial charge < -0.3 is 10.6 Å². The van der Waals surface area contributed by atoms with Crippen molar-refractivity contribution >= 4 is 17.7 Å². The van der Waals surface area contributed by atoms with Crippen molar-refractivity contribution in [3.05, 3.63) is 35.1 Å². The summed E-state index contributed by atoms with van der Waals surface area (Å²) in [5.41, 5.74) is 6.17. The van der Waals surface area contributed by atoms with E-state index in [2.05, 4.69) is 11.8 Å². The summed E-state index contributed by atoms with van der Waals surface area (Å²) in [6.07, 6.45) is 0.998. The van der Waals surface area contributed by atoms with Crippen LogP contribution in [-0.4, -0.2) is 41.9 Å². The van der Waals surface area contributed by atoms with Crippen LogP contribution in [-0.2, 0) is 0 Å². The predicted octanol–water partition coefficient (Wildman–Crippen LogP) is 1.71. The molecule has 1 amide bonds. The van der Waals surface area contributed by atoms with Gasteiger partial charge in [0.2, 0.25) is 0 Å². The molecule has 2 N–H and O–H groups in total.